The molecule has 0 saturated carbocycles. The minimum absolute atomic E-state index is 0.299. The molecule has 1 amide bonds. The Morgan fingerprint density at radius 1 is 1.48 bits per heavy atom. The SMILES string of the molecule is CCC1CCCN(C(=O)c2c(F)ccc([N+](=O)[O-])c2F)C1. The first-order valence-electron chi connectivity index (χ1n) is 6.87. The number of nitro groups is 1. The number of carbonyl (C=O) groups is 1. The summed E-state index contributed by atoms with van der Waals surface area (Å²) in [5.41, 5.74) is -1.72. The number of amides is 1. The van der Waals surface area contributed by atoms with Crippen LogP contribution in [0.25, 0.3) is 0 Å². The fourth-order valence-electron chi connectivity index (χ4n) is 2.62. The molecule has 1 aliphatic heterocycles. The lowest BCUT2D eigenvalue weighted by Gasteiger charge is -2.32. The highest BCUT2D eigenvalue weighted by molar-refractivity contribution is 5.95. The molecule has 21 heavy (non-hydrogen) atoms. The van der Waals surface area contributed by atoms with Gasteiger partial charge in [-0.25, -0.2) is 4.39 Å². The van der Waals surface area contributed by atoms with E-state index in [1.54, 1.807) is 0 Å². The first kappa shape index (κ1) is 15.3. The summed E-state index contributed by atoms with van der Waals surface area (Å²) in [6, 6.07) is 1.49. The average molecular weight is 298 g/mol. The average Bonchev–Trinajstić information content (AvgIpc) is 2.46. The number of benzene rings is 1. The summed E-state index contributed by atoms with van der Waals surface area (Å²) in [6.45, 7) is 2.83. The van der Waals surface area contributed by atoms with E-state index in [0.717, 1.165) is 31.4 Å². The quantitative estimate of drug-likeness (QED) is 0.636. The lowest BCUT2D eigenvalue weighted by molar-refractivity contribution is -0.387. The number of hydrogen-bond donors (Lipinski definition) is 0. The van der Waals surface area contributed by atoms with E-state index in [1.165, 1.54) is 4.90 Å². The van der Waals surface area contributed by atoms with E-state index in [9.17, 15) is 23.7 Å². The Hall–Kier alpha value is -2.05. The second kappa shape index (κ2) is 6.15. The molecular weight excluding hydrogens is 282 g/mol. The summed E-state index contributed by atoms with van der Waals surface area (Å²) in [6.07, 6.45) is 2.62. The van der Waals surface area contributed by atoms with Crippen LogP contribution in [-0.4, -0.2) is 28.8 Å². The van der Waals surface area contributed by atoms with Gasteiger partial charge in [-0.15, -0.1) is 0 Å². The third kappa shape index (κ3) is 3.01. The highest BCUT2D eigenvalue weighted by atomic mass is 19.1. The monoisotopic (exact) mass is 298 g/mol. The highest BCUT2D eigenvalue weighted by Crippen LogP contribution is 2.26. The van der Waals surface area contributed by atoms with Crippen LogP contribution in [0.15, 0.2) is 12.1 Å². The molecule has 114 valence electrons. The first-order chi connectivity index (χ1) is 9.95. The van der Waals surface area contributed by atoms with Gasteiger partial charge in [0.1, 0.15) is 11.4 Å². The fraction of sp³-hybridized carbons (Fsp3) is 0.500. The molecule has 0 N–H and O–H groups in total. The lowest BCUT2D eigenvalue weighted by Crippen LogP contribution is -2.40. The van der Waals surface area contributed by atoms with Crippen molar-refractivity contribution in [1.29, 1.82) is 0 Å². The molecule has 0 bridgehead atoms. The van der Waals surface area contributed by atoms with Gasteiger partial charge >= 0.3 is 5.69 Å². The summed E-state index contributed by atoms with van der Waals surface area (Å²) in [4.78, 5) is 23.4. The molecule has 1 saturated heterocycles. The van der Waals surface area contributed by atoms with Gasteiger partial charge in [0.15, 0.2) is 0 Å². The highest BCUT2D eigenvalue weighted by Gasteiger charge is 2.31. The summed E-state index contributed by atoms with van der Waals surface area (Å²) < 4.78 is 27.8. The number of hydrogen-bond acceptors (Lipinski definition) is 3. The van der Waals surface area contributed by atoms with E-state index in [-0.39, 0.29) is 0 Å². The number of nitrogens with zero attached hydrogens (tertiary/aromatic N) is 2. The summed E-state index contributed by atoms with van der Waals surface area (Å²) in [5.74, 6) is -2.98. The third-order valence-corrected chi connectivity index (χ3v) is 3.86. The van der Waals surface area contributed by atoms with Crippen molar-refractivity contribution in [3.8, 4) is 0 Å². The number of rotatable bonds is 3. The predicted octanol–water partition coefficient (Wildman–Crippen LogP) is 3.14. The summed E-state index contributed by atoms with van der Waals surface area (Å²) in [5, 5.41) is 10.7. The van der Waals surface area contributed by atoms with Crippen LogP contribution >= 0.6 is 0 Å². The fourth-order valence-corrected chi connectivity index (χ4v) is 2.62. The number of likely N-dealkylation sites (tertiary alicyclic amines) is 1. The molecule has 1 unspecified atom stereocenters. The molecule has 0 aliphatic carbocycles. The van der Waals surface area contributed by atoms with Crippen molar-refractivity contribution in [3.63, 3.8) is 0 Å². The number of piperidine rings is 1. The predicted molar refractivity (Wildman–Crippen MR) is 71.9 cm³/mol. The molecule has 1 atom stereocenters. The minimum Gasteiger partial charge on any atom is -0.338 e. The number of carbonyl (C=O) groups excluding carboxylic acids is 1. The molecule has 5 nitrogen and oxygen atoms in total. The molecule has 1 fully saturated rings. The van der Waals surface area contributed by atoms with E-state index in [0.29, 0.717) is 19.0 Å². The van der Waals surface area contributed by atoms with Gasteiger partial charge in [0.2, 0.25) is 5.82 Å². The van der Waals surface area contributed by atoms with Crippen LogP contribution in [0.2, 0.25) is 0 Å². The van der Waals surface area contributed by atoms with Crippen LogP contribution in [0, 0.1) is 27.7 Å². The summed E-state index contributed by atoms with van der Waals surface area (Å²) in [7, 11) is 0. The van der Waals surface area contributed by atoms with Gasteiger partial charge in [0.25, 0.3) is 5.91 Å². The van der Waals surface area contributed by atoms with Gasteiger partial charge in [-0.1, -0.05) is 13.3 Å². The van der Waals surface area contributed by atoms with Gasteiger partial charge in [0.05, 0.1) is 4.92 Å². The van der Waals surface area contributed by atoms with Crippen LogP contribution in [0.4, 0.5) is 14.5 Å². The zero-order valence-corrected chi connectivity index (χ0v) is 11.6. The van der Waals surface area contributed by atoms with Gasteiger partial charge < -0.3 is 4.90 Å². The van der Waals surface area contributed by atoms with Crippen molar-refractivity contribution in [2.45, 2.75) is 26.2 Å². The van der Waals surface area contributed by atoms with Crippen LogP contribution < -0.4 is 0 Å². The molecule has 0 spiro atoms. The Morgan fingerprint density at radius 3 is 2.81 bits per heavy atom. The van der Waals surface area contributed by atoms with Crippen LogP contribution in [0.3, 0.4) is 0 Å². The maximum absolute atomic E-state index is 14.0. The van der Waals surface area contributed by atoms with E-state index in [1.807, 2.05) is 6.92 Å². The van der Waals surface area contributed by atoms with E-state index < -0.39 is 33.7 Å². The van der Waals surface area contributed by atoms with Crippen molar-refractivity contribution in [3.05, 3.63) is 39.4 Å². The second-order valence-electron chi connectivity index (χ2n) is 5.18. The molecule has 1 aliphatic rings. The van der Waals surface area contributed by atoms with Crippen molar-refractivity contribution >= 4 is 11.6 Å². The minimum atomic E-state index is -1.40. The van der Waals surface area contributed by atoms with Gasteiger partial charge in [-0.3, -0.25) is 14.9 Å². The van der Waals surface area contributed by atoms with E-state index >= 15 is 0 Å². The molecule has 2 rings (SSSR count). The van der Waals surface area contributed by atoms with Gasteiger partial charge in [-0.05, 0) is 24.8 Å². The van der Waals surface area contributed by atoms with Crippen LogP contribution in [0.5, 0.6) is 0 Å². The molecule has 1 aromatic carbocycles. The Morgan fingerprint density at radius 2 is 2.19 bits per heavy atom. The van der Waals surface area contributed by atoms with Crippen LogP contribution in [0.1, 0.15) is 36.5 Å². The van der Waals surface area contributed by atoms with Crippen molar-refractivity contribution < 1.29 is 18.5 Å². The Bertz CT molecular complexity index is 578. The molecule has 1 aromatic rings. The molecule has 0 aromatic heterocycles. The maximum Gasteiger partial charge on any atom is 0.305 e. The normalized spacial score (nSPS) is 18.6. The van der Waals surface area contributed by atoms with Crippen molar-refractivity contribution in [2.24, 2.45) is 5.92 Å². The van der Waals surface area contributed by atoms with Gasteiger partial charge in [0, 0.05) is 19.2 Å². The van der Waals surface area contributed by atoms with Crippen molar-refractivity contribution in [1.82, 2.24) is 4.90 Å². The third-order valence-electron chi connectivity index (χ3n) is 3.86. The van der Waals surface area contributed by atoms with E-state index in [2.05, 4.69) is 0 Å². The van der Waals surface area contributed by atoms with Gasteiger partial charge in [-0.2, -0.15) is 4.39 Å². The molecular formula is C14H16F2N2O3. The second-order valence-corrected chi connectivity index (χ2v) is 5.18. The summed E-state index contributed by atoms with van der Waals surface area (Å²) >= 11 is 0. The topological polar surface area (TPSA) is 63.5 Å². The lowest BCUT2D eigenvalue weighted by atomic mass is 9.95. The first-order valence-corrected chi connectivity index (χ1v) is 6.87. The molecule has 7 heteroatoms. The number of nitro benzene ring substituents is 1. The standard InChI is InChI=1S/C14H16F2N2O3/c1-2-9-4-3-7-17(8-9)14(19)12-10(15)5-6-11(13(12)16)18(20)21/h5-6,9H,2-4,7-8H2,1H3. The van der Waals surface area contributed by atoms with E-state index in [4.69, 9.17) is 0 Å². The smallest absolute Gasteiger partial charge is 0.305 e. The van der Waals surface area contributed by atoms with Crippen LogP contribution in [-0.2, 0) is 0 Å². The largest absolute Gasteiger partial charge is 0.338 e. The Kier molecular flexibility index (Phi) is 4.50. The zero-order valence-electron chi connectivity index (χ0n) is 11.6. The Balaban J connectivity index is 2.34. The maximum atomic E-state index is 14.0. The number of halogens is 2. The Labute approximate surface area is 120 Å². The molecule has 0 radical (unpaired) electrons. The zero-order chi connectivity index (χ0) is 15.6. The van der Waals surface area contributed by atoms with Crippen molar-refractivity contribution in [2.75, 3.05) is 13.1 Å². The molecule has 1 heterocycles.